The predicted octanol–water partition coefficient (Wildman–Crippen LogP) is 3.38. The average Bonchev–Trinajstić information content (AvgIpc) is 3.02. The van der Waals surface area contributed by atoms with Crippen LogP contribution in [0.3, 0.4) is 0 Å². The van der Waals surface area contributed by atoms with Gasteiger partial charge in [-0.1, -0.05) is 13.8 Å². The van der Waals surface area contributed by atoms with Gasteiger partial charge in [-0.3, -0.25) is 0 Å². The molecule has 1 saturated carbocycles. The maximum Gasteiger partial charge on any atom is 0.0934 e. The van der Waals surface area contributed by atoms with Crippen molar-refractivity contribution in [2.75, 3.05) is 6.54 Å². The Bertz CT molecular complexity index is 297. The summed E-state index contributed by atoms with van der Waals surface area (Å²) in [6.07, 6.45) is 10.0. The fourth-order valence-corrected chi connectivity index (χ4v) is 2.29. The second-order valence-electron chi connectivity index (χ2n) is 5.17. The molecule has 1 fully saturated rings. The lowest BCUT2D eigenvalue weighted by Gasteiger charge is -2.32. The summed E-state index contributed by atoms with van der Waals surface area (Å²) in [5.74, 6) is 0. The van der Waals surface area contributed by atoms with Crippen LogP contribution >= 0.6 is 0 Å². The van der Waals surface area contributed by atoms with Gasteiger partial charge in [-0.15, -0.1) is 0 Å². The summed E-state index contributed by atoms with van der Waals surface area (Å²) in [4.78, 5) is 0. The highest BCUT2D eigenvalue weighted by Gasteiger charge is 2.30. The van der Waals surface area contributed by atoms with Crippen molar-refractivity contribution in [3.63, 3.8) is 0 Å². The largest absolute Gasteiger partial charge is 0.472 e. The van der Waals surface area contributed by atoms with E-state index in [1.54, 1.807) is 6.26 Å². The second kappa shape index (κ2) is 5.05. The van der Waals surface area contributed by atoms with Crippen molar-refractivity contribution >= 4 is 0 Å². The first-order chi connectivity index (χ1) is 7.78. The van der Waals surface area contributed by atoms with Gasteiger partial charge >= 0.3 is 0 Å². The van der Waals surface area contributed by atoms with E-state index in [0.29, 0.717) is 5.41 Å². The van der Waals surface area contributed by atoms with Crippen LogP contribution in [0.25, 0.3) is 0 Å². The van der Waals surface area contributed by atoms with Crippen molar-refractivity contribution in [3.8, 4) is 0 Å². The van der Waals surface area contributed by atoms with Gasteiger partial charge in [0.25, 0.3) is 0 Å². The molecular formula is C14H23NO. The molecule has 0 radical (unpaired) electrons. The van der Waals surface area contributed by atoms with Gasteiger partial charge in [0.15, 0.2) is 0 Å². The van der Waals surface area contributed by atoms with Crippen LogP contribution in [0, 0.1) is 5.41 Å². The SMILES string of the molecule is CCC(CC)(CNC1CC1)Cc1ccoc1. The number of nitrogens with one attached hydrogen (secondary N) is 1. The molecule has 0 aromatic carbocycles. The zero-order chi connectivity index (χ0) is 11.4. The van der Waals surface area contributed by atoms with Crippen LogP contribution in [0.15, 0.2) is 23.0 Å². The first-order valence-corrected chi connectivity index (χ1v) is 6.52. The summed E-state index contributed by atoms with van der Waals surface area (Å²) in [6, 6.07) is 2.90. The van der Waals surface area contributed by atoms with Crippen molar-refractivity contribution < 1.29 is 4.42 Å². The topological polar surface area (TPSA) is 25.2 Å². The number of hydrogen-bond donors (Lipinski definition) is 1. The van der Waals surface area contributed by atoms with Crippen LogP contribution < -0.4 is 5.32 Å². The molecule has 2 nitrogen and oxygen atoms in total. The third-order valence-corrected chi connectivity index (χ3v) is 4.00. The second-order valence-corrected chi connectivity index (χ2v) is 5.17. The summed E-state index contributed by atoms with van der Waals surface area (Å²) in [5.41, 5.74) is 1.74. The summed E-state index contributed by atoms with van der Waals surface area (Å²) in [5, 5.41) is 3.68. The lowest BCUT2D eigenvalue weighted by atomic mass is 9.77. The molecule has 0 atom stereocenters. The van der Waals surface area contributed by atoms with Gasteiger partial charge in [-0.2, -0.15) is 0 Å². The lowest BCUT2D eigenvalue weighted by molar-refractivity contribution is 0.245. The number of rotatable bonds is 7. The summed E-state index contributed by atoms with van der Waals surface area (Å²) in [7, 11) is 0. The van der Waals surface area contributed by atoms with Gasteiger partial charge in [0, 0.05) is 12.6 Å². The van der Waals surface area contributed by atoms with Crippen molar-refractivity contribution in [1.82, 2.24) is 5.32 Å². The average molecular weight is 221 g/mol. The van der Waals surface area contributed by atoms with Gasteiger partial charge in [-0.05, 0) is 49.1 Å². The van der Waals surface area contributed by atoms with E-state index in [1.807, 2.05) is 6.26 Å². The van der Waals surface area contributed by atoms with Gasteiger partial charge in [0.05, 0.1) is 12.5 Å². The van der Waals surface area contributed by atoms with E-state index < -0.39 is 0 Å². The minimum Gasteiger partial charge on any atom is -0.472 e. The Hall–Kier alpha value is -0.760. The van der Waals surface area contributed by atoms with E-state index in [0.717, 1.165) is 19.0 Å². The van der Waals surface area contributed by atoms with E-state index in [9.17, 15) is 0 Å². The van der Waals surface area contributed by atoms with Crippen LogP contribution in [-0.4, -0.2) is 12.6 Å². The Morgan fingerprint density at radius 1 is 1.38 bits per heavy atom. The molecular weight excluding hydrogens is 198 g/mol. The summed E-state index contributed by atoms with van der Waals surface area (Å²) < 4.78 is 5.17. The standard InChI is InChI=1S/C14H23NO/c1-3-14(4-2,11-15-13-5-6-13)9-12-7-8-16-10-12/h7-8,10,13,15H,3-6,9,11H2,1-2H3. The van der Waals surface area contributed by atoms with Crippen molar-refractivity contribution in [2.24, 2.45) is 5.41 Å². The zero-order valence-electron chi connectivity index (χ0n) is 10.5. The molecule has 0 unspecified atom stereocenters. The van der Waals surface area contributed by atoms with Crippen LogP contribution in [-0.2, 0) is 6.42 Å². The molecule has 0 aliphatic heterocycles. The van der Waals surface area contributed by atoms with E-state index in [-0.39, 0.29) is 0 Å². The summed E-state index contributed by atoms with van der Waals surface area (Å²) in [6.45, 7) is 5.76. The molecule has 0 saturated heterocycles. The highest BCUT2D eigenvalue weighted by Crippen LogP contribution is 2.32. The first kappa shape index (κ1) is 11.7. The molecule has 2 heteroatoms. The Kier molecular flexibility index (Phi) is 3.70. The van der Waals surface area contributed by atoms with Crippen molar-refractivity contribution in [2.45, 2.75) is 52.0 Å². The van der Waals surface area contributed by atoms with Crippen LogP contribution in [0.2, 0.25) is 0 Å². The summed E-state index contributed by atoms with van der Waals surface area (Å²) >= 11 is 0. The normalized spacial score (nSPS) is 16.6. The van der Waals surface area contributed by atoms with E-state index in [2.05, 4.69) is 25.2 Å². The smallest absolute Gasteiger partial charge is 0.0934 e. The number of hydrogen-bond acceptors (Lipinski definition) is 2. The Morgan fingerprint density at radius 2 is 2.12 bits per heavy atom. The minimum atomic E-state index is 0.409. The van der Waals surface area contributed by atoms with E-state index in [4.69, 9.17) is 4.42 Å². The quantitative estimate of drug-likeness (QED) is 0.763. The van der Waals surface area contributed by atoms with Gasteiger partial charge in [0.2, 0.25) is 0 Å². The monoisotopic (exact) mass is 221 g/mol. The molecule has 1 N–H and O–H groups in total. The molecule has 1 aromatic heterocycles. The third-order valence-electron chi connectivity index (χ3n) is 4.00. The molecule has 0 spiro atoms. The van der Waals surface area contributed by atoms with Crippen LogP contribution in [0.1, 0.15) is 45.1 Å². The van der Waals surface area contributed by atoms with Gasteiger partial charge < -0.3 is 9.73 Å². The highest BCUT2D eigenvalue weighted by molar-refractivity contribution is 5.09. The molecule has 2 rings (SSSR count). The fourth-order valence-electron chi connectivity index (χ4n) is 2.29. The molecule has 1 aromatic rings. The molecule has 1 heterocycles. The predicted molar refractivity (Wildman–Crippen MR) is 66.5 cm³/mol. The fraction of sp³-hybridized carbons (Fsp3) is 0.714. The molecule has 0 amide bonds. The van der Waals surface area contributed by atoms with Crippen LogP contribution in [0.5, 0.6) is 0 Å². The zero-order valence-corrected chi connectivity index (χ0v) is 10.5. The Labute approximate surface area is 98.4 Å². The van der Waals surface area contributed by atoms with E-state index >= 15 is 0 Å². The Balaban J connectivity index is 1.95. The number of furan rings is 1. The minimum absolute atomic E-state index is 0.409. The maximum absolute atomic E-state index is 5.17. The van der Waals surface area contributed by atoms with Crippen LogP contribution in [0.4, 0.5) is 0 Å². The van der Waals surface area contributed by atoms with E-state index in [1.165, 1.54) is 31.2 Å². The van der Waals surface area contributed by atoms with Crippen molar-refractivity contribution in [3.05, 3.63) is 24.2 Å². The lowest BCUT2D eigenvalue weighted by Crippen LogP contribution is -2.36. The van der Waals surface area contributed by atoms with Gasteiger partial charge in [-0.25, -0.2) is 0 Å². The molecule has 0 bridgehead atoms. The first-order valence-electron chi connectivity index (χ1n) is 6.52. The maximum atomic E-state index is 5.17. The molecule has 16 heavy (non-hydrogen) atoms. The third kappa shape index (κ3) is 2.88. The molecule has 90 valence electrons. The molecule has 1 aliphatic carbocycles. The van der Waals surface area contributed by atoms with Gasteiger partial charge in [0.1, 0.15) is 0 Å². The Morgan fingerprint density at radius 3 is 2.62 bits per heavy atom. The van der Waals surface area contributed by atoms with Crippen molar-refractivity contribution in [1.29, 1.82) is 0 Å². The highest BCUT2D eigenvalue weighted by atomic mass is 16.3. The molecule has 1 aliphatic rings.